The monoisotopic (exact) mass is 259 g/mol. The molecule has 1 N–H and O–H groups in total. The highest BCUT2D eigenvalue weighted by atomic mass is 16.5. The van der Waals surface area contributed by atoms with Crippen molar-refractivity contribution in [1.82, 2.24) is 15.5 Å². The van der Waals surface area contributed by atoms with Crippen molar-refractivity contribution in [2.45, 2.75) is 25.4 Å². The van der Waals surface area contributed by atoms with E-state index in [2.05, 4.69) is 39.7 Å². The molecule has 0 saturated carbocycles. The highest BCUT2D eigenvalue weighted by Gasteiger charge is 2.23. The number of rotatable bonds is 4. The van der Waals surface area contributed by atoms with Crippen molar-refractivity contribution in [3.63, 3.8) is 0 Å². The van der Waals surface area contributed by atoms with E-state index >= 15 is 0 Å². The molecule has 100 valence electrons. The minimum absolute atomic E-state index is 0.110. The molecular weight excluding hydrogens is 242 g/mol. The number of methoxy groups -OCH3 is 1. The van der Waals surface area contributed by atoms with Crippen molar-refractivity contribution in [1.29, 1.82) is 0 Å². The van der Waals surface area contributed by atoms with E-state index in [1.165, 1.54) is 11.1 Å². The Morgan fingerprint density at radius 3 is 3.05 bits per heavy atom. The van der Waals surface area contributed by atoms with Crippen LogP contribution in [-0.2, 0) is 24.1 Å². The van der Waals surface area contributed by atoms with Gasteiger partial charge in [-0.2, -0.15) is 4.98 Å². The van der Waals surface area contributed by atoms with Gasteiger partial charge in [0.2, 0.25) is 5.89 Å². The molecule has 2 heterocycles. The van der Waals surface area contributed by atoms with Crippen molar-refractivity contribution in [2.75, 3.05) is 13.7 Å². The van der Waals surface area contributed by atoms with Crippen LogP contribution in [0.2, 0.25) is 0 Å². The van der Waals surface area contributed by atoms with Gasteiger partial charge in [0.25, 0.3) is 0 Å². The molecule has 0 saturated heterocycles. The lowest BCUT2D eigenvalue weighted by atomic mass is 9.96. The van der Waals surface area contributed by atoms with E-state index < -0.39 is 0 Å². The van der Waals surface area contributed by atoms with Gasteiger partial charge in [0.1, 0.15) is 0 Å². The van der Waals surface area contributed by atoms with Gasteiger partial charge in [-0.05, 0) is 17.5 Å². The molecule has 1 atom stereocenters. The van der Waals surface area contributed by atoms with Crippen LogP contribution >= 0.6 is 0 Å². The third-order valence-corrected chi connectivity index (χ3v) is 3.39. The molecule has 1 aliphatic rings. The molecule has 0 spiro atoms. The molecule has 0 aliphatic carbocycles. The van der Waals surface area contributed by atoms with Crippen LogP contribution in [0.4, 0.5) is 0 Å². The zero-order valence-electron chi connectivity index (χ0n) is 10.9. The summed E-state index contributed by atoms with van der Waals surface area (Å²) < 4.78 is 10.3. The van der Waals surface area contributed by atoms with Gasteiger partial charge in [0.05, 0.1) is 12.6 Å². The number of hydrogen-bond donors (Lipinski definition) is 1. The lowest BCUT2D eigenvalue weighted by Gasteiger charge is -2.23. The normalized spacial score (nSPS) is 18.3. The average Bonchev–Trinajstić information content (AvgIpc) is 2.93. The molecule has 1 aliphatic heterocycles. The van der Waals surface area contributed by atoms with E-state index in [-0.39, 0.29) is 6.04 Å². The number of nitrogens with zero attached hydrogens (tertiary/aromatic N) is 2. The Balaban J connectivity index is 1.72. The Morgan fingerprint density at radius 2 is 2.21 bits per heavy atom. The molecule has 5 heteroatoms. The molecule has 5 nitrogen and oxygen atoms in total. The van der Waals surface area contributed by atoms with Crippen molar-refractivity contribution in [2.24, 2.45) is 0 Å². The Morgan fingerprint density at radius 1 is 1.37 bits per heavy atom. The van der Waals surface area contributed by atoms with Gasteiger partial charge in [-0.3, -0.25) is 0 Å². The van der Waals surface area contributed by atoms with Gasteiger partial charge in [0, 0.05) is 20.1 Å². The predicted molar refractivity (Wildman–Crippen MR) is 69.6 cm³/mol. The van der Waals surface area contributed by atoms with Gasteiger partial charge in [-0.25, -0.2) is 0 Å². The van der Waals surface area contributed by atoms with E-state index in [0.29, 0.717) is 24.7 Å². The summed E-state index contributed by atoms with van der Waals surface area (Å²) in [5, 5.41) is 7.41. The Bertz CT molecular complexity index is 553. The summed E-state index contributed by atoms with van der Waals surface area (Å²) in [6.45, 7) is 1.45. The Kier molecular flexibility index (Phi) is 3.57. The second kappa shape index (κ2) is 5.50. The summed E-state index contributed by atoms with van der Waals surface area (Å²) >= 11 is 0. The molecule has 0 bridgehead atoms. The van der Waals surface area contributed by atoms with Crippen LogP contribution in [0.3, 0.4) is 0 Å². The molecule has 1 aromatic carbocycles. The molecule has 0 unspecified atom stereocenters. The van der Waals surface area contributed by atoms with Gasteiger partial charge in [-0.15, -0.1) is 0 Å². The summed E-state index contributed by atoms with van der Waals surface area (Å²) in [5.41, 5.74) is 2.70. The average molecular weight is 259 g/mol. The molecule has 2 aromatic rings. The molecule has 19 heavy (non-hydrogen) atoms. The number of aromatic nitrogens is 2. The molecule has 1 aromatic heterocycles. The summed E-state index contributed by atoms with van der Waals surface area (Å²) in [4.78, 5) is 4.42. The third kappa shape index (κ3) is 2.67. The van der Waals surface area contributed by atoms with Gasteiger partial charge >= 0.3 is 0 Å². The fourth-order valence-electron chi connectivity index (χ4n) is 2.33. The Labute approximate surface area is 112 Å². The fraction of sp³-hybridized carbons (Fsp3) is 0.429. The second-order valence-electron chi connectivity index (χ2n) is 4.70. The number of hydrogen-bond acceptors (Lipinski definition) is 5. The maximum Gasteiger partial charge on any atom is 0.244 e. The minimum Gasteiger partial charge on any atom is -0.384 e. The summed E-state index contributed by atoms with van der Waals surface area (Å²) in [7, 11) is 1.67. The smallest absolute Gasteiger partial charge is 0.244 e. The maximum atomic E-state index is 5.34. The van der Waals surface area contributed by atoms with Crippen LogP contribution in [0, 0.1) is 0 Å². The van der Waals surface area contributed by atoms with Crippen molar-refractivity contribution in [3.8, 4) is 0 Å². The quantitative estimate of drug-likeness (QED) is 0.904. The number of benzene rings is 1. The first kappa shape index (κ1) is 12.3. The number of ether oxygens (including phenoxy) is 1. The van der Waals surface area contributed by atoms with E-state index in [1.54, 1.807) is 7.11 Å². The van der Waals surface area contributed by atoms with Crippen LogP contribution in [-0.4, -0.2) is 23.9 Å². The minimum atomic E-state index is 0.110. The lowest BCUT2D eigenvalue weighted by Crippen LogP contribution is -2.28. The largest absolute Gasteiger partial charge is 0.384 e. The molecular formula is C14H17N3O2. The lowest BCUT2D eigenvalue weighted by molar-refractivity contribution is 0.199. The van der Waals surface area contributed by atoms with Crippen LogP contribution in [0.25, 0.3) is 0 Å². The first-order valence-electron chi connectivity index (χ1n) is 6.48. The van der Waals surface area contributed by atoms with Crippen molar-refractivity contribution in [3.05, 3.63) is 47.1 Å². The SMILES string of the molecule is COCCc1noc([C@H]2Cc3ccccc3CN2)n1. The van der Waals surface area contributed by atoms with Crippen LogP contribution < -0.4 is 5.32 Å². The van der Waals surface area contributed by atoms with Crippen molar-refractivity contribution < 1.29 is 9.26 Å². The molecule has 3 rings (SSSR count). The molecule has 0 fully saturated rings. The van der Waals surface area contributed by atoms with Gasteiger partial charge in [-0.1, -0.05) is 29.4 Å². The zero-order valence-corrected chi connectivity index (χ0v) is 10.9. The fourth-order valence-corrected chi connectivity index (χ4v) is 2.33. The van der Waals surface area contributed by atoms with E-state index in [0.717, 1.165) is 13.0 Å². The Hall–Kier alpha value is -1.72. The highest BCUT2D eigenvalue weighted by molar-refractivity contribution is 5.30. The first-order chi connectivity index (χ1) is 9.36. The first-order valence-corrected chi connectivity index (χ1v) is 6.48. The topological polar surface area (TPSA) is 60.2 Å². The van der Waals surface area contributed by atoms with Gasteiger partial charge in [0.15, 0.2) is 5.82 Å². The highest BCUT2D eigenvalue weighted by Crippen LogP contribution is 2.24. The van der Waals surface area contributed by atoms with Gasteiger partial charge < -0.3 is 14.6 Å². The standard InChI is InChI=1S/C14H17N3O2/c1-18-7-6-13-16-14(19-17-13)12-8-10-4-2-3-5-11(10)9-15-12/h2-5,12,15H,6-9H2,1H3/t12-/m1/s1. The summed E-state index contributed by atoms with van der Waals surface area (Å²) in [5.74, 6) is 1.37. The second-order valence-corrected chi connectivity index (χ2v) is 4.70. The number of fused-ring (bicyclic) bond motifs is 1. The molecule has 0 radical (unpaired) electrons. The number of nitrogens with one attached hydrogen (secondary N) is 1. The van der Waals surface area contributed by atoms with Crippen molar-refractivity contribution >= 4 is 0 Å². The molecule has 0 amide bonds. The van der Waals surface area contributed by atoms with Crippen LogP contribution in [0.5, 0.6) is 0 Å². The van der Waals surface area contributed by atoms with Crippen LogP contribution in [0.15, 0.2) is 28.8 Å². The third-order valence-electron chi connectivity index (χ3n) is 3.39. The van der Waals surface area contributed by atoms with E-state index in [1.807, 2.05) is 0 Å². The van der Waals surface area contributed by atoms with E-state index in [9.17, 15) is 0 Å². The predicted octanol–water partition coefficient (Wildman–Crippen LogP) is 1.65. The van der Waals surface area contributed by atoms with E-state index in [4.69, 9.17) is 9.26 Å². The van der Waals surface area contributed by atoms with Crippen LogP contribution in [0.1, 0.15) is 28.9 Å². The summed E-state index contributed by atoms with van der Waals surface area (Å²) in [6, 6.07) is 8.55. The maximum absolute atomic E-state index is 5.34. The zero-order chi connectivity index (χ0) is 13.1. The summed E-state index contributed by atoms with van der Waals surface area (Å²) in [6.07, 6.45) is 1.57.